The molecule has 116 valence electrons. The SMILES string of the molecule is CC(C)c1ccc(CCCNC(=O)c2cccc(Cl)c2)cc1. The second-order valence-electron chi connectivity index (χ2n) is 5.77. The monoisotopic (exact) mass is 315 g/mol. The van der Waals surface area contributed by atoms with Gasteiger partial charge in [-0.3, -0.25) is 4.79 Å². The molecule has 0 aliphatic rings. The smallest absolute Gasteiger partial charge is 0.251 e. The summed E-state index contributed by atoms with van der Waals surface area (Å²) in [5.74, 6) is 0.490. The lowest BCUT2D eigenvalue weighted by atomic mass is 10.0. The number of amides is 1. The Morgan fingerprint density at radius 1 is 1.14 bits per heavy atom. The van der Waals surface area contributed by atoms with Crippen molar-refractivity contribution in [2.75, 3.05) is 6.54 Å². The van der Waals surface area contributed by atoms with Gasteiger partial charge in [0, 0.05) is 17.1 Å². The van der Waals surface area contributed by atoms with Crippen LogP contribution in [0, 0.1) is 0 Å². The number of nitrogens with one attached hydrogen (secondary N) is 1. The first kappa shape index (κ1) is 16.6. The highest BCUT2D eigenvalue weighted by Crippen LogP contribution is 2.15. The van der Waals surface area contributed by atoms with Gasteiger partial charge in [-0.1, -0.05) is 55.8 Å². The summed E-state index contributed by atoms with van der Waals surface area (Å²) in [6, 6.07) is 15.7. The average Bonchev–Trinajstić information content (AvgIpc) is 2.51. The third-order valence-corrected chi connectivity index (χ3v) is 3.90. The molecule has 2 rings (SSSR count). The predicted molar refractivity (Wildman–Crippen MR) is 92.6 cm³/mol. The van der Waals surface area contributed by atoms with E-state index < -0.39 is 0 Å². The number of carbonyl (C=O) groups is 1. The second-order valence-corrected chi connectivity index (χ2v) is 6.20. The summed E-state index contributed by atoms with van der Waals surface area (Å²) in [5.41, 5.74) is 3.27. The Hall–Kier alpha value is -1.80. The van der Waals surface area contributed by atoms with Crippen molar-refractivity contribution >= 4 is 17.5 Å². The van der Waals surface area contributed by atoms with Crippen LogP contribution in [0.1, 0.15) is 47.7 Å². The first-order valence-corrected chi connectivity index (χ1v) is 8.06. The highest BCUT2D eigenvalue weighted by atomic mass is 35.5. The molecule has 2 aromatic rings. The zero-order valence-electron chi connectivity index (χ0n) is 13.1. The van der Waals surface area contributed by atoms with E-state index in [0.717, 1.165) is 12.8 Å². The summed E-state index contributed by atoms with van der Waals surface area (Å²) in [7, 11) is 0. The van der Waals surface area contributed by atoms with Crippen LogP contribution < -0.4 is 5.32 Å². The number of hydrogen-bond donors (Lipinski definition) is 1. The van der Waals surface area contributed by atoms with Gasteiger partial charge in [-0.25, -0.2) is 0 Å². The summed E-state index contributed by atoms with van der Waals surface area (Å²) in [6.07, 6.45) is 1.89. The molecule has 1 amide bonds. The Morgan fingerprint density at radius 3 is 2.50 bits per heavy atom. The van der Waals surface area contributed by atoms with E-state index >= 15 is 0 Å². The van der Waals surface area contributed by atoms with E-state index in [9.17, 15) is 4.79 Å². The van der Waals surface area contributed by atoms with Gasteiger partial charge >= 0.3 is 0 Å². The standard InChI is InChI=1S/C19H22ClNO/c1-14(2)16-10-8-15(9-11-16)5-4-12-21-19(22)17-6-3-7-18(20)13-17/h3,6-11,13-14H,4-5,12H2,1-2H3,(H,21,22). The minimum atomic E-state index is -0.0716. The number of carbonyl (C=O) groups excluding carboxylic acids is 1. The molecule has 0 radical (unpaired) electrons. The Bertz CT molecular complexity index is 620. The highest BCUT2D eigenvalue weighted by molar-refractivity contribution is 6.30. The summed E-state index contributed by atoms with van der Waals surface area (Å²) in [6.45, 7) is 5.05. The minimum absolute atomic E-state index is 0.0716. The van der Waals surface area contributed by atoms with Crippen molar-refractivity contribution in [3.05, 3.63) is 70.2 Å². The molecule has 0 aliphatic carbocycles. The van der Waals surface area contributed by atoms with Crippen molar-refractivity contribution in [1.29, 1.82) is 0 Å². The maximum atomic E-state index is 12.0. The topological polar surface area (TPSA) is 29.1 Å². The molecule has 0 aliphatic heterocycles. The normalized spacial score (nSPS) is 10.7. The summed E-state index contributed by atoms with van der Waals surface area (Å²) >= 11 is 5.89. The van der Waals surface area contributed by atoms with E-state index in [2.05, 4.69) is 43.4 Å². The fourth-order valence-corrected chi connectivity index (χ4v) is 2.49. The molecule has 2 nitrogen and oxygen atoms in total. The predicted octanol–water partition coefficient (Wildman–Crippen LogP) is 4.83. The lowest BCUT2D eigenvalue weighted by Crippen LogP contribution is -2.24. The molecule has 0 saturated carbocycles. The van der Waals surface area contributed by atoms with E-state index in [1.54, 1.807) is 24.3 Å². The third-order valence-electron chi connectivity index (χ3n) is 3.66. The van der Waals surface area contributed by atoms with Gasteiger partial charge in [0.25, 0.3) is 5.91 Å². The summed E-state index contributed by atoms with van der Waals surface area (Å²) in [5, 5.41) is 3.51. The summed E-state index contributed by atoms with van der Waals surface area (Å²) in [4.78, 5) is 12.0. The number of benzene rings is 2. The van der Waals surface area contributed by atoms with Crippen molar-refractivity contribution in [3.8, 4) is 0 Å². The molecule has 0 saturated heterocycles. The third kappa shape index (κ3) is 4.88. The first-order chi connectivity index (χ1) is 10.6. The molecular formula is C19H22ClNO. The number of halogens is 1. The molecule has 0 spiro atoms. The fraction of sp³-hybridized carbons (Fsp3) is 0.316. The molecule has 3 heteroatoms. The number of aryl methyl sites for hydroxylation is 1. The largest absolute Gasteiger partial charge is 0.352 e. The van der Waals surface area contributed by atoms with Crippen LogP contribution in [0.5, 0.6) is 0 Å². The first-order valence-electron chi connectivity index (χ1n) is 7.69. The van der Waals surface area contributed by atoms with Gasteiger partial charge in [0.15, 0.2) is 0 Å². The van der Waals surface area contributed by atoms with E-state index in [4.69, 9.17) is 11.6 Å². The zero-order chi connectivity index (χ0) is 15.9. The van der Waals surface area contributed by atoms with Gasteiger partial charge in [0.2, 0.25) is 0 Å². The molecule has 0 fully saturated rings. The molecule has 1 N–H and O–H groups in total. The maximum absolute atomic E-state index is 12.0. The van der Waals surface area contributed by atoms with E-state index in [1.165, 1.54) is 11.1 Å². The molecule has 2 aromatic carbocycles. The van der Waals surface area contributed by atoms with Crippen molar-refractivity contribution in [1.82, 2.24) is 5.32 Å². The number of hydrogen-bond acceptors (Lipinski definition) is 1. The van der Waals surface area contributed by atoms with Crippen LogP contribution in [-0.4, -0.2) is 12.5 Å². The molecule has 0 unspecified atom stereocenters. The van der Waals surface area contributed by atoms with Crippen molar-refractivity contribution in [2.24, 2.45) is 0 Å². The molecule has 0 bridgehead atoms. The van der Waals surface area contributed by atoms with E-state index in [1.807, 2.05) is 0 Å². The van der Waals surface area contributed by atoms with Gasteiger partial charge in [-0.2, -0.15) is 0 Å². The van der Waals surface area contributed by atoms with Crippen molar-refractivity contribution in [3.63, 3.8) is 0 Å². The Balaban J connectivity index is 1.76. The van der Waals surface area contributed by atoms with Crippen LogP contribution >= 0.6 is 11.6 Å². The van der Waals surface area contributed by atoms with Crippen LogP contribution in [0.25, 0.3) is 0 Å². The van der Waals surface area contributed by atoms with Crippen LogP contribution in [0.3, 0.4) is 0 Å². The van der Waals surface area contributed by atoms with Crippen LogP contribution in [0.15, 0.2) is 48.5 Å². The van der Waals surface area contributed by atoms with Crippen LogP contribution in [0.4, 0.5) is 0 Å². The number of rotatable bonds is 6. The van der Waals surface area contributed by atoms with Gasteiger partial charge in [-0.15, -0.1) is 0 Å². The van der Waals surface area contributed by atoms with Gasteiger partial charge < -0.3 is 5.32 Å². The zero-order valence-corrected chi connectivity index (χ0v) is 13.9. The minimum Gasteiger partial charge on any atom is -0.352 e. The molecule has 0 atom stereocenters. The Morgan fingerprint density at radius 2 is 1.86 bits per heavy atom. The maximum Gasteiger partial charge on any atom is 0.251 e. The highest BCUT2D eigenvalue weighted by Gasteiger charge is 2.05. The molecular weight excluding hydrogens is 294 g/mol. The second kappa shape index (κ2) is 8.00. The lowest BCUT2D eigenvalue weighted by molar-refractivity contribution is 0.0953. The Labute approximate surface area is 137 Å². The van der Waals surface area contributed by atoms with E-state index in [-0.39, 0.29) is 5.91 Å². The summed E-state index contributed by atoms with van der Waals surface area (Å²) < 4.78 is 0. The van der Waals surface area contributed by atoms with Gasteiger partial charge in [0.05, 0.1) is 0 Å². The van der Waals surface area contributed by atoms with Gasteiger partial charge in [0.1, 0.15) is 0 Å². The molecule has 0 heterocycles. The van der Waals surface area contributed by atoms with Crippen molar-refractivity contribution in [2.45, 2.75) is 32.6 Å². The quantitative estimate of drug-likeness (QED) is 0.760. The van der Waals surface area contributed by atoms with E-state index in [0.29, 0.717) is 23.0 Å². The average molecular weight is 316 g/mol. The fourth-order valence-electron chi connectivity index (χ4n) is 2.30. The van der Waals surface area contributed by atoms with Gasteiger partial charge in [-0.05, 0) is 48.1 Å². The molecule has 0 aromatic heterocycles. The van der Waals surface area contributed by atoms with Crippen LogP contribution in [0.2, 0.25) is 5.02 Å². The van der Waals surface area contributed by atoms with Crippen molar-refractivity contribution < 1.29 is 4.79 Å². The lowest BCUT2D eigenvalue weighted by Gasteiger charge is -2.08. The molecule has 22 heavy (non-hydrogen) atoms. The Kier molecular flexibility index (Phi) is 6.02. The van der Waals surface area contributed by atoms with Crippen LogP contribution in [-0.2, 0) is 6.42 Å².